The van der Waals surface area contributed by atoms with Crippen molar-refractivity contribution in [3.8, 4) is 10.6 Å². The molecule has 1 N–H and O–H groups in total. The van der Waals surface area contributed by atoms with Crippen LogP contribution in [0.15, 0.2) is 23.1 Å². The van der Waals surface area contributed by atoms with Crippen molar-refractivity contribution in [2.24, 2.45) is 11.8 Å². The second-order valence-corrected chi connectivity index (χ2v) is 6.94. The van der Waals surface area contributed by atoms with E-state index in [-0.39, 0.29) is 5.56 Å². The van der Waals surface area contributed by atoms with Crippen molar-refractivity contribution in [2.45, 2.75) is 34.2 Å². The van der Waals surface area contributed by atoms with Gasteiger partial charge in [-0.05, 0) is 24.0 Å². The maximum absolute atomic E-state index is 12.5. The highest BCUT2D eigenvalue weighted by Crippen LogP contribution is 2.23. The molecule has 0 aliphatic carbocycles. The standard InChI is InChI=1S/C15H22N4OS/c1-10(2)8-16-15-18-17-13(21-15)12-6-5-7-19(14(12)20)9-11(3)4/h5-7,10-11H,8-9H2,1-4H3,(H,16,18). The second-order valence-electron chi connectivity index (χ2n) is 5.96. The van der Waals surface area contributed by atoms with Crippen molar-refractivity contribution >= 4 is 16.5 Å². The van der Waals surface area contributed by atoms with E-state index in [0.29, 0.717) is 29.0 Å². The summed E-state index contributed by atoms with van der Waals surface area (Å²) in [5.74, 6) is 0.966. The molecule has 2 rings (SSSR count). The smallest absolute Gasteiger partial charge is 0.260 e. The highest BCUT2D eigenvalue weighted by molar-refractivity contribution is 7.18. The monoisotopic (exact) mass is 306 g/mol. The minimum atomic E-state index is -0.00207. The molecule has 21 heavy (non-hydrogen) atoms. The zero-order chi connectivity index (χ0) is 15.4. The van der Waals surface area contributed by atoms with Gasteiger partial charge in [0.1, 0.15) is 0 Å². The van der Waals surface area contributed by atoms with Crippen LogP contribution >= 0.6 is 11.3 Å². The fourth-order valence-corrected chi connectivity index (χ4v) is 2.70. The van der Waals surface area contributed by atoms with E-state index in [0.717, 1.165) is 11.7 Å². The number of aromatic nitrogens is 3. The van der Waals surface area contributed by atoms with Crippen LogP contribution in [0.25, 0.3) is 10.6 Å². The Balaban J connectivity index is 2.24. The Bertz CT molecular complexity index is 645. The van der Waals surface area contributed by atoms with Gasteiger partial charge in [0.2, 0.25) is 5.13 Å². The number of hydrogen-bond acceptors (Lipinski definition) is 5. The van der Waals surface area contributed by atoms with Crippen molar-refractivity contribution in [1.29, 1.82) is 0 Å². The minimum absolute atomic E-state index is 0.00207. The van der Waals surface area contributed by atoms with Crippen LogP contribution in [0.4, 0.5) is 5.13 Å². The van der Waals surface area contributed by atoms with Gasteiger partial charge in [-0.25, -0.2) is 0 Å². The Morgan fingerprint density at radius 3 is 2.67 bits per heavy atom. The van der Waals surface area contributed by atoms with Gasteiger partial charge < -0.3 is 9.88 Å². The maximum Gasteiger partial charge on any atom is 0.260 e. The van der Waals surface area contributed by atoms with Gasteiger partial charge in [0.15, 0.2) is 5.01 Å². The number of anilines is 1. The Labute approximate surface area is 129 Å². The van der Waals surface area contributed by atoms with Crippen LogP contribution in [0.2, 0.25) is 0 Å². The molecule has 0 aliphatic rings. The van der Waals surface area contributed by atoms with Crippen molar-refractivity contribution in [3.63, 3.8) is 0 Å². The van der Waals surface area contributed by atoms with Crippen LogP contribution in [0.3, 0.4) is 0 Å². The van der Waals surface area contributed by atoms with Gasteiger partial charge in [-0.3, -0.25) is 4.79 Å². The first-order valence-corrected chi connectivity index (χ1v) is 8.06. The zero-order valence-corrected chi connectivity index (χ0v) is 13.8. The molecular formula is C15H22N4OS. The summed E-state index contributed by atoms with van der Waals surface area (Å²) in [5.41, 5.74) is 0.617. The molecular weight excluding hydrogens is 284 g/mol. The molecule has 0 unspecified atom stereocenters. The van der Waals surface area contributed by atoms with Gasteiger partial charge >= 0.3 is 0 Å². The van der Waals surface area contributed by atoms with Crippen molar-refractivity contribution in [3.05, 3.63) is 28.7 Å². The molecule has 0 fully saturated rings. The van der Waals surface area contributed by atoms with Gasteiger partial charge in [0, 0.05) is 19.3 Å². The van der Waals surface area contributed by atoms with E-state index in [1.165, 1.54) is 11.3 Å². The molecule has 0 amide bonds. The largest absolute Gasteiger partial charge is 0.360 e. The third-order valence-corrected chi connectivity index (χ3v) is 3.81. The molecule has 0 aliphatic heterocycles. The topological polar surface area (TPSA) is 59.8 Å². The molecule has 2 heterocycles. The van der Waals surface area contributed by atoms with Crippen LogP contribution < -0.4 is 10.9 Å². The summed E-state index contributed by atoms with van der Waals surface area (Å²) in [6, 6.07) is 3.70. The molecule has 0 aromatic carbocycles. The number of nitrogens with one attached hydrogen (secondary N) is 1. The molecule has 0 saturated heterocycles. The molecule has 0 atom stereocenters. The Morgan fingerprint density at radius 1 is 1.24 bits per heavy atom. The zero-order valence-electron chi connectivity index (χ0n) is 13.0. The summed E-state index contributed by atoms with van der Waals surface area (Å²) in [6.07, 6.45) is 1.82. The van der Waals surface area contributed by atoms with Gasteiger partial charge in [-0.1, -0.05) is 39.0 Å². The van der Waals surface area contributed by atoms with Crippen LogP contribution in [0, 0.1) is 11.8 Å². The van der Waals surface area contributed by atoms with Gasteiger partial charge in [0.25, 0.3) is 5.56 Å². The summed E-state index contributed by atoms with van der Waals surface area (Å²) < 4.78 is 1.74. The average Bonchev–Trinajstić information content (AvgIpc) is 2.87. The van der Waals surface area contributed by atoms with Crippen LogP contribution in [0.1, 0.15) is 27.7 Å². The maximum atomic E-state index is 12.5. The number of rotatable bonds is 6. The van der Waals surface area contributed by atoms with Crippen LogP contribution in [-0.4, -0.2) is 21.3 Å². The number of nitrogens with zero attached hydrogens (tertiary/aromatic N) is 3. The first kappa shape index (κ1) is 15.7. The van der Waals surface area contributed by atoms with Crippen molar-refractivity contribution in [1.82, 2.24) is 14.8 Å². The lowest BCUT2D eigenvalue weighted by molar-refractivity contribution is 0.511. The van der Waals surface area contributed by atoms with E-state index in [2.05, 4.69) is 43.2 Å². The van der Waals surface area contributed by atoms with E-state index in [1.807, 2.05) is 18.3 Å². The molecule has 5 nitrogen and oxygen atoms in total. The predicted octanol–water partition coefficient (Wildman–Crippen LogP) is 3.09. The number of pyridine rings is 1. The van der Waals surface area contributed by atoms with E-state index >= 15 is 0 Å². The lowest BCUT2D eigenvalue weighted by Gasteiger charge is -2.09. The summed E-state index contributed by atoms with van der Waals surface area (Å²) in [6.45, 7) is 10.0. The average molecular weight is 306 g/mol. The van der Waals surface area contributed by atoms with E-state index in [9.17, 15) is 4.79 Å². The Hall–Kier alpha value is -1.69. The van der Waals surface area contributed by atoms with Crippen molar-refractivity contribution in [2.75, 3.05) is 11.9 Å². The fraction of sp³-hybridized carbons (Fsp3) is 0.533. The predicted molar refractivity (Wildman–Crippen MR) is 87.8 cm³/mol. The normalized spacial score (nSPS) is 11.3. The third-order valence-electron chi connectivity index (χ3n) is 2.90. The first-order chi connectivity index (χ1) is 9.97. The molecule has 114 valence electrons. The molecule has 0 bridgehead atoms. The van der Waals surface area contributed by atoms with E-state index < -0.39 is 0 Å². The molecule has 0 spiro atoms. The Kier molecular flexibility index (Phi) is 5.12. The van der Waals surface area contributed by atoms with Crippen LogP contribution in [-0.2, 0) is 6.54 Å². The summed E-state index contributed by atoms with van der Waals surface area (Å²) >= 11 is 1.42. The fourth-order valence-electron chi connectivity index (χ4n) is 1.93. The quantitative estimate of drug-likeness (QED) is 0.891. The molecule has 2 aromatic heterocycles. The summed E-state index contributed by atoms with van der Waals surface area (Å²) in [7, 11) is 0. The van der Waals surface area contributed by atoms with Gasteiger partial charge in [0.05, 0.1) is 5.56 Å². The lowest BCUT2D eigenvalue weighted by Crippen LogP contribution is -2.22. The second kappa shape index (κ2) is 6.85. The third kappa shape index (κ3) is 4.14. The summed E-state index contributed by atoms with van der Waals surface area (Å²) in [5, 5.41) is 12.9. The van der Waals surface area contributed by atoms with Crippen molar-refractivity contribution < 1.29 is 0 Å². The molecule has 0 saturated carbocycles. The van der Waals surface area contributed by atoms with E-state index in [4.69, 9.17) is 0 Å². The number of hydrogen-bond donors (Lipinski definition) is 1. The van der Waals surface area contributed by atoms with Crippen LogP contribution in [0.5, 0.6) is 0 Å². The van der Waals surface area contributed by atoms with Gasteiger partial charge in [-0.15, -0.1) is 10.2 Å². The lowest BCUT2D eigenvalue weighted by atomic mass is 10.2. The SMILES string of the molecule is CC(C)CNc1nnc(-c2cccn(CC(C)C)c2=O)s1. The van der Waals surface area contributed by atoms with Gasteiger partial charge in [-0.2, -0.15) is 0 Å². The molecule has 2 aromatic rings. The Morgan fingerprint density at radius 2 is 2.00 bits per heavy atom. The first-order valence-electron chi connectivity index (χ1n) is 7.24. The molecule has 6 heteroatoms. The highest BCUT2D eigenvalue weighted by atomic mass is 32.1. The highest BCUT2D eigenvalue weighted by Gasteiger charge is 2.12. The summed E-state index contributed by atoms with van der Waals surface area (Å²) in [4.78, 5) is 12.5. The van der Waals surface area contributed by atoms with E-state index in [1.54, 1.807) is 4.57 Å². The minimum Gasteiger partial charge on any atom is -0.360 e. The molecule has 0 radical (unpaired) electrons.